The third-order valence-electron chi connectivity index (χ3n) is 3.49. The van der Waals surface area contributed by atoms with Crippen molar-refractivity contribution in [2.45, 2.75) is 44.3 Å². The van der Waals surface area contributed by atoms with E-state index in [-0.39, 0.29) is 18.2 Å². The van der Waals surface area contributed by atoms with Crippen LogP contribution in [0.4, 0.5) is 4.79 Å². The van der Waals surface area contributed by atoms with E-state index >= 15 is 0 Å². The van der Waals surface area contributed by atoms with Crippen LogP contribution in [0, 0.1) is 5.92 Å². The lowest BCUT2D eigenvalue weighted by molar-refractivity contribution is -0.159. The molecule has 2 fully saturated rings. The monoisotopic (exact) mass is 258 g/mol. The Morgan fingerprint density at radius 3 is 2.56 bits per heavy atom. The molecule has 1 amide bonds. The van der Waals surface area contributed by atoms with Gasteiger partial charge >= 0.3 is 6.09 Å². The van der Waals surface area contributed by atoms with Crippen LogP contribution in [0.1, 0.15) is 20.3 Å². The van der Waals surface area contributed by atoms with Gasteiger partial charge in [-0.1, -0.05) is 0 Å². The van der Waals surface area contributed by atoms with Crippen molar-refractivity contribution in [2.75, 3.05) is 20.6 Å². The number of rotatable bonds is 3. The number of hydrogen-bond acceptors (Lipinski definition) is 4. The number of hydrogen-bond donors (Lipinski definition) is 2. The van der Waals surface area contributed by atoms with E-state index in [1.54, 1.807) is 0 Å². The van der Waals surface area contributed by atoms with Crippen molar-refractivity contribution in [3.05, 3.63) is 0 Å². The molecule has 0 aromatic rings. The molecule has 1 aliphatic carbocycles. The lowest BCUT2D eigenvalue weighted by Gasteiger charge is -2.24. The molecule has 2 aliphatic rings. The second-order valence-electron chi connectivity index (χ2n) is 5.88. The van der Waals surface area contributed by atoms with Crippen LogP contribution >= 0.6 is 0 Å². The van der Waals surface area contributed by atoms with Gasteiger partial charge in [0.25, 0.3) is 0 Å². The fraction of sp³-hybridized carbons (Fsp3) is 0.917. The molecule has 6 heteroatoms. The quantitative estimate of drug-likeness (QED) is 0.780. The number of nitrogens with zero attached hydrogens (tertiary/aromatic N) is 1. The van der Waals surface area contributed by atoms with Crippen LogP contribution in [-0.2, 0) is 9.47 Å². The van der Waals surface area contributed by atoms with Gasteiger partial charge in [-0.05, 0) is 34.4 Å². The van der Waals surface area contributed by atoms with Gasteiger partial charge < -0.3 is 24.8 Å². The summed E-state index contributed by atoms with van der Waals surface area (Å²) in [6.45, 7) is 4.62. The fourth-order valence-corrected chi connectivity index (χ4v) is 3.03. The molecule has 4 atom stereocenters. The summed E-state index contributed by atoms with van der Waals surface area (Å²) in [6.07, 6.45) is -0.451. The summed E-state index contributed by atoms with van der Waals surface area (Å²) in [6, 6.07) is -0.181. The highest BCUT2D eigenvalue weighted by atomic mass is 16.8. The molecule has 0 aromatic heterocycles. The van der Waals surface area contributed by atoms with Crippen LogP contribution in [0.5, 0.6) is 0 Å². The molecule has 104 valence electrons. The zero-order chi connectivity index (χ0) is 13.5. The maximum atomic E-state index is 10.8. The lowest BCUT2D eigenvalue weighted by atomic mass is 10.1. The van der Waals surface area contributed by atoms with Crippen molar-refractivity contribution in [3.63, 3.8) is 0 Å². The normalized spacial score (nSPS) is 37.8. The lowest BCUT2D eigenvalue weighted by Crippen LogP contribution is -2.42. The predicted octanol–water partition coefficient (Wildman–Crippen LogP) is 0.724. The van der Waals surface area contributed by atoms with Crippen LogP contribution in [0.2, 0.25) is 0 Å². The molecule has 6 nitrogen and oxygen atoms in total. The molecule has 0 bridgehead atoms. The van der Waals surface area contributed by atoms with E-state index in [1.807, 2.05) is 27.9 Å². The molecule has 0 spiro atoms. The molecule has 1 saturated carbocycles. The minimum atomic E-state index is -1.00. The highest BCUT2D eigenvalue weighted by Crippen LogP contribution is 2.41. The summed E-state index contributed by atoms with van der Waals surface area (Å²) in [7, 11) is 4.02. The second-order valence-corrected chi connectivity index (χ2v) is 5.88. The van der Waals surface area contributed by atoms with Crippen LogP contribution < -0.4 is 5.32 Å². The van der Waals surface area contributed by atoms with Gasteiger partial charge in [-0.3, -0.25) is 0 Å². The first-order valence-corrected chi connectivity index (χ1v) is 6.28. The summed E-state index contributed by atoms with van der Waals surface area (Å²) < 4.78 is 11.7. The molecule has 0 unspecified atom stereocenters. The van der Waals surface area contributed by atoms with Gasteiger partial charge in [0, 0.05) is 12.5 Å². The Labute approximate surface area is 107 Å². The highest BCUT2D eigenvalue weighted by Gasteiger charge is 2.54. The zero-order valence-electron chi connectivity index (χ0n) is 11.3. The van der Waals surface area contributed by atoms with Crippen molar-refractivity contribution in [1.82, 2.24) is 10.2 Å². The van der Waals surface area contributed by atoms with E-state index in [0.29, 0.717) is 5.92 Å². The van der Waals surface area contributed by atoms with Crippen LogP contribution in [0.15, 0.2) is 0 Å². The Morgan fingerprint density at radius 2 is 2.00 bits per heavy atom. The Bertz CT molecular complexity index is 332. The molecule has 0 aromatic carbocycles. The molecule has 18 heavy (non-hydrogen) atoms. The Hall–Kier alpha value is -0.850. The van der Waals surface area contributed by atoms with Gasteiger partial charge in [0.05, 0.1) is 12.1 Å². The largest absolute Gasteiger partial charge is 0.465 e. The predicted molar refractivity (Wildman–Crippen MR) is 65.4 cm³/mol. The zero-order valence-corrected chi connectivity index (χ0v) is 11.3. The van der Waals surface area contributed by atoms with Crippen molar-refractivity contribution in [3.8, 4) is 0 Å². The van der Waals surface area contributed by atoms with E-state index < -0.39 is 11.9 Å². The first kappa shape index (κ1) is 13.6. The van der Waals surface area contributed by atoms with E-state index in [0.717, 1.165) is 13.0 Å². The number of carboxylic acid groups (broad SMARTS) is 1. The smallest absolute Gasteiger partial charge is 0.404 e. The summed E-state index contributed by atoms with van der Waals surface area (Å²) in [4.78, 5) is 12.9. The first-order chi connectivity index (χ1) is 8.28. The number of fused-ring (bicyclic) bond motifs is 1. The van der Waals surface area contributed by atoms with E-state index in [4.69, 9.17) is 14.6 Å². The topological polar surface area (TPSA) is 71.0 Å². The Morgan fingerprint density at radius 1 is 1.39 bits per heavy atom. The van der Waals surface area contributed by atoms with Crippen LogP contribution in [0.25, 0.3) is 0 Å². The number of nitrogens with one attached hydrogen (secondary N) is 1. The molecule has 0 radical (unpaired) electrons. The maximum absolute atomic E-state index is 10.8. The standard InChI is InChI=1S/C12H22N2O4/c1-12(2)17-9-7(6-14(3)4)5-8(10(9)18-12)13-11(15)16/h7-10,13H,5-6H2,1-4H3,(H,15,16)/t7-,8-,9-,10+/m1/s1. The van der Waals surface area contributed by atoms with E-state index in [2.05, 4.69) is 10.2 Å². The number of carbonyl (C=O) groups is 1. The minimum absolute atomic E-state index is 0.0285. The molecular formula is C12H22N2O4. The third kappa shape index (κ3) is 2.76. The summed E-state index contributed by atoms with van der Waals surface area (Å²) in [5.41, 5.74) is 0. The van der Waals surface area contributed by atoms with Gasteiger partial charge in [-0.15, -0.1) is 0 Å². The van der Waals surface area contributed by atoms with Gasteiger partial charge in [-0.2, -0.15) is 0 Å². The summed E-state index contributed by atoms with van der Waals surface area (Å²) >= 11 is 0. The molecule has 1 aliphatic heterocycles. The molecular weight excluding hydrogens is 236 g/mol. The van der Waals surface area contributed by atoms with Crippen LogP contribution in [0.3, 0.4) is 0 Å². The van der Waals surface area contributed by atoms with Gasteiger partial charge in [-0.25, -0.2) is 4.79 Å². The Kier molecular flexibility index (Phi) is 3.53. The molecule has 2 rings (SSSR count). The van der Waals surface area contributed by atoms with Crippen LogP contribution in [-0.4, -0.2) is 60.8 Å². The highest BCUT2D eigenvalue weighted by molar-refractivity contribution is 5.65. The first-order valence-electron chi connectivity index (χ1n) is 6.28. The SMILES string of the molecule is CN(C)C[C@H]1C[C@@H](NC(=O)O)[C@@H]2OC(C)(C)O[C@H]12. The number of ether oxygens (including phenoxy) is 2. The Balaban J connectivity index is 2.10. The van der Waals surface area contributed by atoms with Gasteiger partial charge in [0.1, 0.15) is 6.10 Å². The van der Waals surface area contributed by atoms with Crippen molar-refractivity contribution >= 4 is 6.09 Å². The van der Waals surface area contributed by atoms with Gasteiger partial charge in [0.2, 0.25) is 0 Å². The van der Waals surface area contributed by atoms with Gasteiger partial charge in [0.15, 0.2) is 5.79 Å². The molecule has 1 saturated heterocycles. The van der Waals surface area contributed by atoms with E-state index in [1.165, 1.54) is 0 Å². The summed E-state index contributed by atoms with van der Waals surface area (Å²) in [5.74, 6) is -0.331. The average Bonchev–Trinajstić information content (AvgIpc) is 2.62. The third-order valence-corrected chi connectivity index (χ3v) is 3.49. The summed E-state index contributed by atoms with van der Waals surface area (Å²) in [5, 5.41) is 11.4. The fourth-order valence-electron chi connectivity index (χ4n) is 3.03. The average molecular weight is 258 g/mol. The van der Waals surface area contributed by atoms with Crippen molar-refractivity contribution < 1.29 is 19.4 Å². The molecule has 2 N–H and O–H groups in total. The molecule has 1 heterocycles. The van der Waals surface area contributed by atoms with Crippen molar-refractivity contribution in [1.29, 1.82) is 0 Å². The van der Waals surface area contributed by atoms with Crippen molar-refractivity contribution in [2.24, 2.45) is 5.92 Å². The number of amides is 1. The minimum Gasteiger partial charge on any atom is -0.465 e. The maximum Gasteiger partial charge on any atom is 0.404 e. The van der Waals surface area contributed by atoms with E-state index in [9.17, 15) is 4.79 Å². The second kappa shape index (κ2) is 4.68.